The number of hydrogen-bond donors (Lipinski definition) is 3. The number of carboxylic acid groups (broad SMARTS) is 2. The number of rotatable bonds is 20. The van der Waals surface area contributed by atoms with Crippen LogP contribution in [0, 0.1) is 0 Å². The van der Waals surface area contributed by atoms with E-state index in [4.69, 9.17) is 14.9 Å². The number of esters is 1. The Morgan fingerprint density at radius 2 is 1.26 bits per heavy atom. The molecule has 182 valence electrons. The molecule has 0 bridgehead atoms. The number of nitrogens with zero attached hydrogens (tertiary/aromatic N) is 1. The Kier molecular flexibility index (Phi) is 16.0. The van der Waals surface area contributed by atoms with Crippen molar-refractivity contribution in [1.82, 2.24) is 0 Å². The van der Waals surface area contributed by atoms with Crippen LogP contribution in [0.3, 0.4) is 0 Å². The Morgan fingerprint density at radius 1 is 0.742 bits per heavy atom. The first-order valence-electron chi connectivity index (χ1n) is 11.6. The van der Waals surface area contributed by atoms with Gasteiger partial charge in [0, 0.05) is 12.8 Å². The summed E-state index contributed by atoms with van der Waals surface area (Å²) in [7, 11) is 5.73. The highest BCUT2D eigenvalue weighted by Gasteiger charge is 2.25. The van der Waals surface area contributed by atoms with E-state index in [0.717, 1.165) is 57.8 Å². The molecule has 0 fully saturated rings. The molecular weight excluding hydrogens is 402 g/mol. The Labute approximate surface area is 187 Å². The van der Waals surface area contributed by atoms with Gasteiger partial charge in [-0.2, -0.15) is 0 Å². The van der Waals surface area contributed by atoms with Crippen LogP contribution in [0.2, 0.25) is 0 Å². The number of aliphatic carboxylic acids is 2. The monoisotopic (exact) mass is 446 g/mol. The van der Waals surface area contributed by atoms with E-state index in [9.17, 15) is 19.5 Å². The van der Waals surface area contributed by atoms with Gasteiger partial charge < -0.3 is 24.5 Å². The maximum Gasteiger partial charge on any atom is 0.307 e. The molecule has 0 rings (SSSR count). The molecule has 0 spiro atoms. The third-order valence-electron chi connectivity index (χ3n) is 5.06. The molecule has 0 saturated carbocycles. The molecule has 0 aliphatic carbocycles. The highest BCUT2D eigenvalue weighted by atomic mass is 16.5. The van der Waals surface area contributed by atoms with E-state index in [1.54, 1.807) is 0 Å². The van der Waals surface area contributed by atoms with Crippen molar-refractivity contribution >= 4 is 17.9 Å². The normalized spacial score (nSPS) is 13.5. The molecule has 2 atom stereocenters. The van der Waals surface area contributed by atoms with Crippen molar-refractivity contribution in [3.63, 3.8) is 0 Å². The van der Waals surface area contributed by atoms with Crippen LogP contribution in [0.25, 0.3) is 0 Å². The average Bonchev–Trinajstić information content (AvgIpc) is 2.62. The van der Waals surface area contributed by atoms with E-state index in [1.165, 1.54) is 0 Å². The molecule has 31 heavy (non-hydrogen) atoms. The van der Waals surface area contributed by atoms with Crippen LogP contribution < -0.4 is 0 Å². The lowest BCUT2D eigenvalue weighted by molar-refractivity contribution is -0.873. The van der Waals surface area contributed by atoms with Gasteiger partial charge in [-0.1, -0.05) is 51.4 Å². The van der Waals surface area contributed by atoms with Crippen LogP contribution >= 0.6 is 0 Å². The predicted octanol–water partition coefficient (Wildman–Crippen LogP) is 3.60. The quantitative estimate of drug-likeness (QED) is 0.148. The highest BCUT2D eigenvalue weighted by molar-refractivity contribution is 5.71. The summed E-state index contributed by atoms with van der Waals surface area (Å²) in [6.45, 7) is 0.420. The van der Waals surface area contributed by atoms with Gasteiger partial charge in [-0.3, -0.25) is 14.4 Å². The molecule has 8 nitrogen and oxygen atoms in total. The van der Waals surface area contributed by atoms with Gasteiger partial charge in [0.15, 0.2) is 6.10 Å². The Bertz CT molecular complexity index is 517. The zero-order valence-electron chi connectivity index (χ0n) is 19.7. The van der Waals surface area contributed by atoms with E-state index in [0.29, 0.717) is 23.9 Å². The fourth-order valence-electron chi connectivity index (χ4n) is 3.52. The molecule has 2 unspecified atom stereocenters. The highest BCUT2D eigenvalue weighted by Crippen LogP contribution is 2.14. The van der Waals surface area contributed by atoms with Gasteiger partial charge in [-0.25, -0.2) is 0 Å². The van der Waals surface area contributed by atoms with Gasteiger partial charge >= 0.3 is 17.9 Å². The number of unbranched alkanes of at least 4 members (excludes halogenated alkanes) is 8. The molecular formula is C23H44NO7+. The third kappa shape index (κ3) is 21.4. The van der Waals surface area contributed by atoms with E-state index < -0.39 is 30.1 Å². The molecule has 0 aliphatic heterocycles. The molecule has 0 heterocycles. The van der Waals surface area contributed by atoms with Crippen molar-refractivity contribution < 1.29 is 38.9 Å². The van der Waals surface area contributed by atoms with Crippen LogP contribution in [-0.4, -0.2) is 77.6 Å². The average molecular weight is 447 g/mol. The van der Waals surface area contributed by atoms with Crippen molar-refractivity contribution in [3.8, 4) is 0 Å². The van der Waals surface area contributed by atoms with Crippen molar-refractivity contribution in [2.45, 2.75) is 102 Å². The van der Waals surface area contributed by atoms with E-state index in [1.807, 2.05) is 21.1 Å². The SMILES string of the molecule is C[N+](C)(C)CC(CC(=O)O)OC(=O)CCC(O)CCCCCCCCCCCC(=O)O. The lowest BCUT2D eigenvalue weighted by atomic mass is 10.0. The first-order valence-corrected chi connectivity index (χ1v) is 11.6. The van der Waals surface area contributed by atoms with Gasteiger partial charge in [0.05, 0.1) is 33.7 Å². The lowest BCUT2D eigenvalue weighted by Gasteiger charge is -2.28. The van der Waals surface area contributed by atoms with Gasteiger partial charge in [-0.15, -0.1) is 0 Å². The van der Waals surface area contributed by atoms with Crippen LogP contribution in [0.15, 0.2) is 0 Å². The second-order valence-corrected chi connectivity index (χ2v) is 9.49. The first kappa shape index (κ1) is 29.3. The molecule has 0 amide bonds. The summed E-state index contributed by atoms with van der Waals surface area (Å²) in [5, 5.41) is 27.7. The number of carbonyl (C=O) groups excluding carboxylic acids is 1. The number of carbonyl (C=O) groups is 3. The summed E-state index contributed by atoms with van der Waals surface area (Å²) < 4.78 is 5.83. The molecule has 0 radical (unpaired) electrons. The van der Waals surface area contributed by atoms with Crippen LogP contribution in [0.4, 0.5) is 0 Å². The number of likely N-dealkylation sites (N-methyl/N-ethyl adjacent to an activating group) is 1. The standard InChI is InChI=1S/C23H43NO7/c1-24(2,3)18-20(17-22(28)29)31-23(30)16-15-19(25)13-11-9-7-5-4-6-8-10-12-14-21(26)27/h19-20,25H,4-18H2,1-3H3,(H-,26,27,28,29)/p+1. The molecule has 0 aromatic rings. The van der Waals surface area contributed by atoms with E-state index in [2.05, 4.69) is 0 Å². The molecule has 0 saturated heterocycles. The van der Waals surface area contributed by atoms with Gasteiger partial charge in [0.1, 0.15) is 6.54 Å². The zero-order chi connectivity index (χ0) is 23.7. The summed E-state index contributed by atoms with van der Waals surface area (Å²) in [5.74, 6) is -2.17. The van der Waals surface area contributed by atoms with Crippen molar-refractivity contribution in [2.24, 2.45) is 0 Å². The number of aliphatic hydroxyl groups is 1. The van der Waals surface area contributed by atoms with Crippen LogP contribution in [-0.2, 0) is 19.1 Å². The zero-order valence-corrected chi connectivity index (χ0v) is 19.7. The van der Waals surface area contributed by atoms with Crippen molar-refractivity contribution in [2.75, 3.05) is 27.7 Å². The minimum absolute atomic E-state index is 0.0936. The number of aliphatic hydroxyl groups excluding tert-OH is 1. The van der Waals surface area contributed by atoms with Crippen molar-refractivity contribution in [3.05, 3.63) is 0 Å². The Hall–Kier alpha value is -1.67. The van der Waals surface area contributed by atoms with Gasteiger partial charge in [-0.05, 0) is 19.3 Å². The lowest BCUT2D eigenvalue weighted by Crippen LogP contribution is -2.43. The summed E-state index contributed by atoms with van der Waals surface area (Å²) in [4.78, 5) is 33.4. The number of quaternary nitrogens is 1. The van der Waals surface area contributed by atoms with Crippen LogP contribution in [0.5, 0.6) is 0 Å². The summed E-state index contributed by atoms with van der Waals surface area (Å²) in [6, 6.07) is 0. The third-order valence-corrected chi connectivity index (χ3v) is 5.06. The number of carboxylic acids is 2. The topological polar surface area (TPSA) is 121 Å². The van der Waals surface area contributed by atoms with Gasteiger partial charge in [0.25, 0.3) is 0 Å². The molecule has 0 aliphatic rings. The second-order valence-electron chi connectivity index (χ2n) is 9.49. The first-order chi connectivity index (χ1) is 14.5. The molecule has 3 N–H and O–H groups in total. The fourth-order valence-corrected chi connectivity index (χ4v) is 3.52. The number of hydrogen-bond acceptors (Lipinski definition) is 5. The van der Waals surface area contributed by atoms with Gasteiger partial charge in [0.2, 0.25) is 0 Å². The van der Waals surface area contributed by atoms with E-state index >= 15 is 0 Å². The molecule has 8 heteroatoms. The summed E-state index contributed by atoms with van der Waals surface area (Å²) in [5.41, 5.74) is 0. The molecule has 0 aromatic carbocycles. The van der Waals surface area contributed by atoms with E-state index in [-0.39, 0.29) is 19.3 Å². The second kappa shape index (κ2) is 17.0. The Morgan fingerprint density at radius 3 is 1.74 bits per heavy atom. The maximum absolute atomic E-state index is 12.0. The predicted molar refractivity (Wildman–Crippen MR) is 119 cm³/mol. The minimum Gasteiger partial charge on any atom is -0.481 e. The summed E-state index contributed by atoms with van der Waals surface area (Å²) >= 11 is 0. The fraction of sp³-hybridized carbons (Fsp3) is 0.870. The number of ether oxygens (including phenoxy) is 1. The van der Waals surface area contributed by atoms with Crippen molar-refractivity contribution in [1.29, 1.82) is 0 Å². The smallest absolute Gasteiger partial charge is 0.307 e. The summed E-state index contributed by atoms with van der Waals surface area (Å²) in [6.07, 6.45) is 9.27. The molecule has 0 aromatic heterocycles. The Balaban J connectivity index is 3.77. The maximum atomic E-state index is 12.0. The van der Waals surface area contributed by atoms with Crippen LogP contribution in [0.1, 0.15) is 89.9 Å². The minimum atomic E-state index is -0.996. The largest absolute Gasteiger partial charge is 0.481 e.